The number of carbonyl (C=O) groups excluding carboxylic acids is 1. The Kier molecular flexibility index (Phi) is 6.67. The molecule has 2 aromatic carbocycles. The third-order valence-electron chi connectivity index (χ3n) is 4.76. The van der Waals surface area contributed by atoms with E-state index in [4.69, 9.17) is 4.74 Å². The number of methoxy groups -OCH3 is 1. The van der Waals surface area contributed by atoms with E-state index in [1.165, 1.54) is 24.0 Å². The smallest absolute Gasteiger partial charge is 0.234 e. The van der Waals surface area contributed by atoms with Gasteiger partial charge in [-0.15, -0.1) is 0 Å². The molecule has 1 aliphatic carbocycles. The largest absolute Gasteiger partial charge is 0.497 e. The predicted molar refractivity (Wildman–Crippen MR) is 104 cm³/mol. The highest BCUT2D eigenvalue weighted by molar-refractivity contribution is 5.78. The van der Waals surface area contributed by atoms with Crippen LogP contribution in [0, 0.1) is 0 Å². The molecule has 1 amide bonds. The molecule has 0 saturated heterocycles. The lowest BCUT2D eigenvalue weighted by Crippen LogP contribution is -2.38. The van der Waals surface area contributed by atoms with Crippen LogP contribution in [0.25, 0.3) is 0 Å². The van der Waals surface area contributed by atoms with Crippen LogP contribution in [0.4, 0.5) is 0 Å². The lowest BCUT2D eigenvalue weighted by atomic mass is 10.1. The van der Waals surface area contributed by atoms with Gasteiger partial charge in [0.05, 0.1) is 13.7 Å². The van der Waals surface area contributed by atoms with E-state index in [-0.39, 0.29) is 5.91 Å². The van der Waals surface area contributed by atoms with Gasteiger partial charge in [0, 0.05) is 19.1 Å². The van der Waals surface area contributed by atoms with Crippen molar-refractivity contribution in [3.63, 3.8) is 0 Å². The van der Waals surface area contributed by atoms with Gasteiger partial charge in [-0.25, -0.2) is 0 Å². The van der Waals surface area contributed by atoms with Crippen molar-refractivity contribution in [3.05, 3.63) is 65.7 Å². The highest BCUT2D eigenvalue weighted by Crippen LogP contribution is 2.28. The molecule has 1 aliphatic rings. The highest BCUT2D eigenvalue weighted by Gasteiger charge is 2.30. The molecular weight excluding hydrogens is 324 g/mol. The molecule has 1 fully saturated rings. The Bertz CT molecular complexity index is 681. The van der Waals surface area contributed by atoms with E-state index in [1.54, 1.807) is 7.11 Å². The minimum atomic E-state index is 0.124. The normalized spacial score (nSPS) is 13.6. The van der Waals surface area contributed by atoms with Crippen LogP contribution in [-0.4, -0.2) is 37.0 Å². The molecule has 2 aromatic rings. The van der Waals surface area contributed by atoms with Crippen molar-refractivity contribution in [1.82, 2.24) is 10.2 Å². The first-order chi connectivity index (χ1) is 12.7. The summed E-state index contributed by atoms with van der Waals surface area (Å²) < 4.78 is 5.21. The van der Waals surface area contributed by atoms with Crippen LogP contribution < -0.4 is 10.1 Å². The molecule has 1 saturated carbocycles. The zero-order chi connectivity index (χ0) is 18.2. The second kappa shape index (κ2) is 9.39. The molecule has 0 heterocycles. The van der Waals surface area contributed by atoms with E-state index in [0.717, 1.165) is 31.7 Å². The summed E-state index contributed by atoms with van der Waals surface area (Å²) in [4.78, 5) is 14.6. The number of aryl methyl sites for hydroxylation is 1. The van der Waals surface area contributed by atoms with Crippen LogP contribution in [-0.2, 0) is 17.8 Å². The molecule has 138 valence electrons. The molecule has 4 nitrogen and oxygen atoms in total. The van der Waals surface area contributed by atoms with Crippen LogP contribution in [0.15, 0.2) is 54.6 Å². The second-order valence-electron chi connectivity index (χ2n) is 6.92. The van der Waals surface area contributed by atoms with Crippen molar-refractivity contribution in [2.45, 2.75) is 38.3 Å². The first-order valence-corrected chi connectivity index (χ1v) is 9.42. The number of nitrogens with one attached hydrogen (secondary N) is 1. The molecule has 0 aliphatic heterocycles. The van der Waals surface area contributed by atoms with Gasteiger partial charge in [0.2, 0.25) is 5.91 Å². The van der Waals surface area contributed by atoms with E-state index in [0.29, 0.717) is 12.6 Å². The molecule has 3 rings (SSSR count). The van der Waals surface area contributed by atoms with Gasteiger partial charge in [-0.3, -0.25) is 9.69 Å². The number of rotatable bonds is 10. The minimum Gasteiger partial charge on any atom is -0.497 e. The third-order valence-corrected chi connectivity index (χ3v) is 4.76. The average Bonchev–Trinajstić information content (AvgIpc) is 3.51. The number of hydrogen-bond donors (Lipinski definition) is 1. The Morgan fingerprint density at radius 3 is 2.46 bits per heavy atom. The fourth-order valence-electron chi connectivity index (χ4n) is 3.12. The summed E-state index contributed by atoms with van der Waals surface area (Å²) in [6.07, 6.45) is 4.35. The van der Waals surface area contributed by atoms with E-state index >= 15 is 0 Å². The third kappa shape index (κ3) is 5.88. The quantitative estimate of drug-likeness (QED) is 0.666. The number of amides is 1. The van der Waals surface area contributed by atoms with Crippen LogP contribution >= 0.6 is 0 Å². The average molecular weight is 352 g/mol. The monoisotopic (exact) mass is 352 g/mol. The van der Waals surface area contributed by atoms with Gasteiger partial charge < -0.3 is 10.1 Å². The van der Waals surface area contributed by atoms with Gasteiger partial charge in [0.15, 0.2) is 0 Å². The maximum absolute atomic E-state index is 12.3. The number of carbonyl (C=O) groups is 1. The molecule has 0 unspecified atom stereocenters. The topological polar surface area (TPSA) is 41.6 Å². The number of ether oxygens (including phenoxy) is 1. The van der Waals surface area contributed by atoms with Crippen LogP contribution in [0.5, 0.6) is 5.75 Å². The van der Waals surface area contributed by atoms with Crippen molar-refractivity contribution in [1.29, 1.82) is 0 Å². The summed E-state index contributed by atoms with van der Waals surface area (Å²) in [5, 5.41) is 3.07. The molecule has 0 bridgehead atoms. The lowest BCUT2D eigenvalue weighted by molar-refractivity contribution is -0.122. The number of benzene rings is 2. The predicted octanol–water partition coefficient (Wildman–Crippen LogP) is 3.41. The van der Waals surface area contributed by atoms with Gasteiger partial charge in [-0.2, -0.15) is 0 Å². The SMILES string of the molecule is COc1ccc(CN(CC(=O)NCCCc2ccccc2)C2CC2)cc1. The number of nitrogens with zero attached hydrogens (tertiary/aromatic N) is 1. The van der Waals surface area contributed by atoms with Crippen LogP contribution in [0.3, 0.4) is 0 Å². The minimum absolute atomic E-state index is 0.124. The van der Waals surface area contributed by atoms with Crippen LogP contribution in [0.1, 0.15) is 30.4 Å². The Morgan fingerprint density at radius 2 is 1.81 bits per heavy atom. The standard InChI is InChI=1S/C22H28N2O2/c1-26-21-13-9-19(10-14-21)16-24(20-11-12-20)17-22(25)23-15-5-8-18-6-3-2-4-7-18/h2-4,6-7,9-10,13-14,20H,5,8,11-12,15-17H2,1H3,(H,23,25). The van der Waals surface area contributed by atoms with Crippen molar-refractivity contribution in [2.24, 2.45) is 0 Å². The first-order valence-electron chi connectivity index (χ1n) is 9.42. The molecule has 4 heteroatoms. The fourth-order valence-corrected chi connectivity index (χ4v) is 3.12. The maximum atomic E-state index is 12.3. The van der Waals surface area contributed by atoms with Gasteiger partial charge in [-0.1, -0.05) is 42.5 Å². The molecule has 0 radical (unpaired) electrons. The first kappa shape index (κ1) is 18.5. The zero-order valence-corrected chi connectivity index (χ0v) is 15.5. The molecule has 1 N–H and O–H groups in total. The Hall–Kier alpha value is -2.33. The highest BCUT2D eigenvalue weighted by atomic mass is 16.5. The Labute approximate surface area is 156 Å². The summed E-state index contributed by atoms with van der Waals surface area (Å²) in [7, 11) is 1.67. The second-order valence-corrected chi connectivity index (χ2v) is 6.92. The summed E-state index contributed by atoms with van der Waals surface area (Å²) in [6.45, 7) is 2.02. The van der Waals surface area contributed by atoms with Crippen LogP contribution in [0.2, 0.25) is 0 Å². The summed E-state index contributed by atoms with van der Waals surface area (Å²) in [5.74, 6) is 0.987. The maximum Gasteiger partial charge on any atom is 0.234 e. The molecule has 0 spiro atoms. The van der Waals surface area contributed by atoms with Crippen molar-refractivity contribution in [2.75, 3.05) is 20.2 Å². The van der Waals surface area contributed by atoms with Gasteiger partial charge in [0.1, 0.15) is 5.75 Å². The lowest BCUT2D eigenvalue weighted by Gasteiger charge is -2.21. The van der Waals surface area contributed by atoms with E-state index in [1.807, 2.05) is 18.2 Å². The van der Waals surface area contributed by atoms with Crippen molar-refractivity contribution >= 4 is 5.91 Å². The summed E-state index contributed by atoms with van der Waals surface area (Å²) in [5.41, 5.74) is 2.54. The molecule has 0 aromatic heterocycles. The van der Waals surface area contributed by atoms with Gasteiger partial charge in [0.25, 0.3) is 0 Å². The number of hydrogen-bond acceptors (Lipinski definition) is 3. The summed E-state index contributed by atoms with van der Waals surface area (Å²) in [6, 6.07) is 19.1. The Morgan fingerprint density at radius 1 is 1.08 bits per heavy atom. The van der Waals surface area contributed by atoms with E-state index in [2.05, 4.69) is 46.6 Å². The van der Waals surface area contributed by atoms with Crippen molar-refractivity contribution < 1.29 is 9.53 Å². The molecule has 0 atom stereocenters. The summed E-state index contributed by atoms with van der Waals surface area (Å²) >= 11 is 0. The van der Waals surface area contributed by atoms with Gasteiger partial charge >= 0.3 is 0 Å². The Balaban J connectivity index is 1.41. The molecular formula is C22H28N2O2. The van der Waals surface area contributed by atoms with E-state index in [9.17, 15) is 4.79 Å². The van der Waals surface area contributed by atoms with E-state index < -0.39 is 0 Å². The molecule has 26 heavy (non-hydrogen) atoms. The van der Waals surface area contributed by atoms with Crippen molar-refractivity contribution in [3.8, 4) is 5.75 Å². The van der Waals surface area contributed by atoms with Gasteiger partial charge in [-0.05, 0) is 48.9 Å². The fraction of sp³-hybridized carbons (Fsp3) is 0.409. The zero-order valence-electron chi connectivity index (χ0n) is 15.5.